The van der Waals surface area contributed by atoms with Crippen molar-refractivity contribution in [3.8, 4) is 0 Å². The van der Waals surface area contributed by atoms with Gasteiger partial charge in [0, 0.05) is 12.8 Å². The summed E-state index contributed by atoms with van der Waals surface area (Å²) in [5, 5.41) is 0. The summed E-state index contributed by atoms with van der Waals surface area (Å²) in [4.78, 5) is 0. The van der Waals surface area contributed by atoms with Gasteiger partial charge in [0.25, 0.3) is 0 Å². The van der Waals surface area contributed by atoms with Crippen LogP contribution in [0.25, 0.3) is 0 Å². The molecular formula is C13H22O2. The first-order chi connectivity index (χ1) is 7.20. The van der Waals surface area contributed by atoms with E-state index in [1.54, 1.807) is 5.57 Å². The molecule has 0 bridgehead atoms. The van der Waals surface area contributed by atoms with Crippen LogP contribution >= 0.6 is 0 Å². The molecule has 1 saturated carbocycles. The molecule has 15 heavy (non-hydrogen) atoms. The van der Waals surface area contributed by atoms with E-state index in [4.69, 9.17) is 9.47 Å². The molecule has 2 heteroatoms. The van der Waals surface area contributed by atoms with Crippen LogP contribution in [0.5, 0.6) is 0 Å². The van der Waals surface area contributed by atoms with Crippen molar-refractivity contribution < 1.29 is 9.47 Å². The molecule has 0 aromatic heterocycles. The van der Waals surface area contributed by atoms with Crippen LogP contribution in [0, 0.1) is 5.92 Å². The zero-order chi connectivity index (χ0) is 10.7. The molecule has 2 rings (SSSR count). The fraction of sp³-hybridized carbons (Fsp3) is 0.846. The second-order valence-electron chi connectivity index (χ2n) is 5.10. The summed E-state index contributed by atoms with van der Waals surface area (Å²) in [6.45, 7) is 6.10. The molecule has 0 unspecified atom stereocenters. The number of hydrogen-bond acceptors (Lipinski definition) is 2. The third kappa shape index (κ3) is 2.82. The minimum Gasteiger partial charge on any atom is -0.348 e. The predicted octanol–water partition coefficient (Wildman–Crippen LogP) is 3.28. The molecule has 2 fully saturated rings. The molecule has 1 aliphatic carbocycles. The SMILES string of the molecule is CC(C)CC=C1CCC2(CC1)OCCO2. The highest BCUT2D eigenvalue weighted by atomic mass is 16.7. The van der Waals surface area contributed by atoms with Crippen molar-refractivity contribution in [1.82, 2.24) is 0 Å². The van der Waals surface area contributed by atoms with Gasteiger partial charge in [-0.2, -0.15) is 0 Å². The summed E-state index contributed by atoms with van der Waals surface area (Å²) in [6.07, 6.45) is 8.06. The maximum absolute atomic E-state index is 5.71. The predicted molar refractivity (Wildman–Crippen MR) is 60.6 cm³/mol. The van der Waals surface area contributed by atoms with Crippen LogP contribution in [-0.4, -0.2) is 19.0 Å². The number of rotatable bonds is 2. The quantitative estimate of drug-likeness (QED) is 0.651. The molecule has 1 saturated heterocycles. The van der Waals surface area contributed by atoms with Crippen LogP contribution in [0.15, 0.2) is 11.6 Å². The maximum atomic E-state index is 5.71. The molecule has 0 radical (unpaired) electrons. The second-order valence-corrected chi connectivity index (χ2v) is 5.10. The largest absolute Gasteiger partial charge is 0.348 e. The summed E-state index contributed by atoms with van der Waals surface area (Å²) in [6, 6.07) is 0. The molecule has 0 amide bonds. The van der Waals surface area contributed by atoms with Crippen LogP contribution < -0.4 is 0 Å². The first kappa shape index (κ1) is 11.2. The van der Waals surface area contributed by atoms with E-state index in [9.17, 15) is 0 Å². The van der Waals surface area contributed by atoms with Crippen molar-refractivity contribution in [1.29, 1.82) is 0 Å². The molecule has 1 spiro atoms. The minimum atomic E-state index is -0.199. The van der Waals surface area contributed by atoms with E-state index in [-0.39, 0.29) is 5.79 Å². The Morgan fingerprint density at radius 2 is 1.80 bits per heavy atom. The van der Waals surface area contributed by atoms with Gasteiger partial charge < -0.3 is 9.47 Å². The van der Waals surface area contributed by atoms with E-state index in [2.05, 4.69) is 19.9 Å². The Morgan fingerprint density at radius 3 is 2.33 bits per heavy atom. The number of allylic oxidation sites excluding steroid dienone is 2. The monoisotopic (exact) mass is 210 g/mol. The molecule has 0 aromatic carbocycles. The van der Waals surface area contributed by atoms with E-state index in [0.717, 1.165) is 44.8 Å². The summed E-state index contributed by atoms with van der Waals surface area (Å²) in [7, 11) is 0. The van der Waals surface area contributed by atoms with Crippen LogP contribution in [-0.2, 0) is 9.47 Å². The van der Waals surface area contributed by atoms with Gasteiger partial charge in [0.2, 0.25) is 0 Å². The van der Waals surface area contributed by atoms with Gasteiger partial charge in [0.15, 0.2) is 5.79 Å². The Hall–Kier alpha value is -0.340. The van der Waals surface area contributed by atoms with E-state index < -0.39 is 0 Å². The molecule has 1 aliphatic heterocycles. The first-order valence-corrected chi connectivity index (χ1v) is 6.16. The van der Waals surface area contributed by atoms with Crippen LogP contribution in [0.2, 0.25) is 0 Å². The lowest BCUT2D eigenvalue weighted by Crippen LogP contribution is -2.33. The Morgan fingerprint density at radius 1 is 1.20 bits per heavy atom. The van der Waals surface area contributed by atoms with Gasteiger partial charge >= 0.3 is 0 Å². The normalized spacial score (nSPS) is 25.1. The third-order valence-electron chi connectivity index (χ3n) is 3.35. The zero-order valence-electron chi connectivity index (χ0n) is 9.92. The molecule has 2 aliphatic rings. The average Bonchev–Trinajstić information content (AvgIpc) is 2.66. The van der Waals surface area contributed by atoms with Gasteiger partial charge in [-0.15, -0.1) is 0 Å². The van der Waals surface area contributed by atoms with Crippen molar-refractivity contribution in [2.45, 2.75) is 51.7 Å². The highest BCUT2D eigenvalue weighted by Crippen LogP contribution is 2.38. The van der Waals surface area contributed by atoms with Gasteiger partial charge in [-0.25, -0.2) is 0 Å². The fourth-order valence-corrected chi connectivity index (χ4v) is 2.34. The van der Waals surface area contributed by atoms with Crippen LogP contribution in [0.3, 0.4) is 0 Å². The standard InChI is InChI=1S/C13H22O2/c1-11(2)3-4-12-5-7-13(8-6-12)14-9-10-15-13/h4,11H,3,5-10H2,1-2H3. The molecule has 86 valence electrons. The summed E-state index contributed by atoms with van der Waals surface area (Å²) in [5.74, 6) is 0.571. The third-order valence-corrected chi connectivity index (χ3v) is 3.35. The zero-order valence-corrected chi connectivity index (χ0v) is 9.92. The summed E-state index contributed by atoms with van der Waals surface area (Å²) < 4.78 is 11.4. The van der Waals surface area contributed by atoms with Gasteiger partial charge in [-0.3, -0.25) is 0 Å². The van der Waals surface area contributed by atoms with E-state index in [0.29, 0.717) is 0 Å². The molecule has 1 heterocycles. The van der Waals surface area contributed by atoms with Crippen molar-refractivity contribution in [2.75, 3.05) is 13.2 Å². The lowest BCUT2D eigenvalue weighted by Gasteiger charge is -2.32. The lowest BCUT2D eigenvalue weighted by molar-refractivity contribution is -0.171. The van der Waals surface area contributed by atoms with Crippen molar-refractivity contribution in [3.63, 3.8) is 0 Å². The van der Waals surface area contributed by atoms with Crippen molar-refractivity contribution in [3.05, 3.63) is 11.6 Å². The van der Waals surface area contributed by atoms with Crippen molar-refractivity contribution >= 4 is 0 Å². The van der Waals surface area contributed by atoms with E-state index >= 15 is 0 Å². The summed E-state index contributed by atoms with van der Waals surface area (Å²) in [5.41, 5.74) is 1.61. The highest BCUT2D eigenvalue weighted by molar-refractivity contribution is 5.07. The molecule has 2 nitrogen and oxygen atoms in total. The van der Waals surface area contributed by atoms with Gasteiger partial charge in [-0.1, -0.05) is 25.5 Å². The Kier molecular flexibility index (Phi) is 3.47. The van der Waals surface area contributed by atoms with Crippen LogP contribution in [0.4, 0.5) is 0 Å². The smallest absolute Gasteiger partial charge is 0.169 e. The second kappa shape index (κ2) is 4.67. The van der Waals surface area contributed by atoms with Crippen LogP contribution in [0.1, 0.15) is 46.0 Å². The van der Waals surface area contributed by atoms with Gasteiger partial charge in [0.05, 0.1) is 13.2 Å². The average molecular weight is 210 g/mol. The Labute approximate surface area is 92.6 Å². The Balaban J connectivity index is 1.83. The molecule has 0 aromatic rings. The van der Waals surface area contributed by atoms with Gasteiger partial charge in [-0.05, 0) is 25.2 Å². The minimum absolute atomic E-state index is 0.199. The molecule has 0 N–H and O–H groups in total. The number of hydrogen-bond donors (Lipinski definition) is 0. The summed E-state index contributed by atoms with van der Waals surface area (Å²) >= 11 is 0. The maximum Gasteiger partial charge on any atom is 0.169 e. The van der Waals surface area contributed by atoms with E-state index in [1.165, 1.54) is 6.42 Å². The lowest BCUT2D eigenvalue weighted by atomic mass is 9.88. The van der Waals surface area contributed by atoms with Gasteiger partial charge in [0.1, 0.15) is 0 Å². The fourth-order valence-electron chi connectivity index (χ4n) is 2.34. The molecule has 0 atom stereocenters. The number of ether oxygens (including phenoxy) is 2. The highest BCUT2D eigenvalue weighted by Gasteiger charge is 2.38. The van der Waals surface area contributed by atoms with Crippen molar-refractivity contribution in [2.24, 2.45) is 5.92 Å². The topological polar surface area (TPSA) is 18.5 Å². The first-order valence-electron chi connectivity index (χ1n) is 6.16. The molecular weight excluding hydrogens is 188 g/mol. The van der Waals surface area contributed by atoms with E-state index in [1.807, 2.05) is 0 Å². The Bertz CT molecular complexity index is 225.